The van der Waals surface area contributed by atoms with Gasteiger partial charge in [0.2, 0.25) is 11.9 Å². The van der Waals surface area contributed by atoms with E-state index in [1.165, 1.54) is 0 Å². The van der Waals surface area contributed by atoms with Crippen LogP contribution in [0.3, 0.4) is 0 Å². The number of hydrogen-bond acceptors (Lipinski definition) is 6. The highest BCUT2D eigenvalue weighted by Crippen LogP contribution is 2.19. The number of likely N-dealkylation sites (tertiary alicyclic amines) is 1. The number of carbonyl (C=O) groups is 1. The van der Waals surface area contributed by atoms with Crippen LogP contribution in [0, 0.1) is 5.92 Å². The number of rotatable bonds is 7. The number of nitrogens with zero attached hydrogens (tertiary/aromatic N) is 6. The van der Waals surface area contributed by atoms with E-state index in [4.69, 9.17) is 5.73 Å². The predicted octanol–water partition coefficient (Wildman–Crippen LogP) is 0.152. The third-order valence-electron chi connectivity index (χ3n) is 5.66. The number of amides is 1. The number of aliphatic imine (C=N–C) groups is 1. The van der Waals surface area contributed by atoms with Crippen molar-refractivity contribution < 1.29 is 4.79 Å². The zero-order chi connectivity index (χ0) is 20.5. The van der Waals surface area contributed by atoms with Crippen molar-refractivity contribution in [1.29, 1.82) is 0 Å². The quantitative estimate of drug-likeness (QED) is 0.380. The molecule has 0 aromatic carbocycles. The molecule has 3 N–H and O–H groups in total. The van der Waals surface area contributed by atoms with Gasteiger partial charge < -0.3 is 20.9 Å². The van der Waals surface area contributed by atoms with Gasteiger partial charge in [0, 0.05) is 71.7 Å². The lowest BCUT2D eigenvalue weighted by Gasteiger charge is -2.35. The number of guanidine groups is 1. The normalized spacial score (nSPS) is 21.3. The van der Waals surface area contributed by atoms with Crippen molar-refractivity contribution in [3.63, 3.8) is 0 Å². The molecule has 2 aliphatic heterocycles. The van der Waals surface area contributed by atoms with E-state index in [1.807, 2.05) is 13.1 Å². The topological polar surface area (TPSA) is 103 Å². The molecule has 1 amide bonds. The van der Waals surface area contributed by atoms with Crippen LogP contribution in [-0.2, 0) is 4.79 Å². The molecule has 0 aliphatic carbocycles. The number of aromatic nitrogens is 2. The number of nitrogens with two attached hydrogens (primary N) is 1. The van der Waals surface area contributed by atoms with Gasteiger partial charge in [-0.3, -0.25) is 14.7 Å². The van der Waals surface area contributed by atoms with Gasteiger partial charge in [0.1, 0.15) is 0 Å². The van der Waals surface area contributed by atoms with E-state index in [0.29, 0.717) is 12.3 Å². The minimum atomic E-state index is -0.210. The zero-order valence-corrected chi connectivity index (χ0v) is 17.5. The Hall–Kier alpha value is -2.42. The number of piperazine rings is 1. The molecule has 1 aromatic heterocycles. The Kier molecular flexibility index (Phi) is 8.03. The number of hydrogen-bond donors (Lipinski definition) is 2. The fraction of sp³-hybridized carbons (Fsp3) is 0.700. The van der Waals surface area contributed by atoms with Crippen molar-refractivity contribution >= 4 is 17.8 Å². The first-order chi connectivity index (χ1) is 14.2. The Morgan fingerprint density at radius 2 is 2.00 bits per heavy atom. The maximum absolute atomic E-state index is 11.2. The van der Waals surface area contributed by atoms with E-state index < -0.39 is 0 Å². The summed E-state index contributed by atoms with van der Waals surface area (Å²) in [6.07, 6.45) is 7.27. The molecule has 1 aromatic rings. The number of carbonyl (C=O) groups excluding carboxylic acids is 1. The highest BCUT2D eigenvalue weighted by molar-refractivity contribution is 5.80. The summed E-state index contributed by atoms with van der Waals surface area (Å²) in [5.74, 6) is 1.89. The second kappa shape index (κ2) is 10.9. The molecular formula is C20H34N8O. The van der Waals surface area contributed by atoms with E-state index in [2.05, 4.69) is 35.0 Å². The van der Waals surface area contributed by atoms with Crippen LogP contribution in [0.4, 0.5) is 5.95 Å². The molecule has 1 atom stereocenters. The van der Waals surface area contributed by atoms with Crippen molar-refractivity contribution in [2.75, 3.05) is 64.3 Å². The first-order valence-electron chi connectivity index (χ1n) is 10.6. The average molecular weight is 403 g/mol. The molecule has 2 fully saturated rings. The second-order valence-corrected chi connectivity index (χ2v) is 7.83. The Morgan fingerprint density at radius 3 is 2.69 bits per heavy atom. The molecule has 0 spiro atoms. The minimum Gasteiger partial charge on any atom is -0.370 e. The van der Waals surface area contributed by atoms with Gasteiger partial charge in [-0.1, -0.05) is 0 Å². The van der Waals surface area contributed by atoms with E-state index in [1.54, 1.807) is 12.4 Å². The van der Waals surface area contributed by atoms with Crippen molar-refractivity contribution in [1.82, 2.24) is 25.1 Å². The van der Waals surface area contributed by atoms with Gasteiger partial charge in [-0.05, 0) is 37.8 Å². The van der Waals surface area contributed by atoms with Crippen LogP contribution in [-0.4, -0.2) is 91.0 Å². The molecule has 160 valence electrons. The minimum absolute atomic E-state index is 0.210. The SMILES string of the molecule is CN=C(NCCCN1CCN(c2ncccn2)CC1)N1CCCC(CC(N)=O)C1. The molecule has 0 saturated carbocycles. The van der Waals surface area contributed by atoms with E-state index in [-0.39, 0.29) is 5.91 Å². The summed E-state index contributed by atoms with van der Waals surface area (Å²) in [7, 11) is 1.82. The van der Waals surface area contributed by atoms with E-state index in [0.717, 1.165) is 83.5 Å². The van der Waals surface area contributed by atoms with Gasteiger partial charge >= 0.3 is 0 Å². The Bertz CT molecular complexity index is 660. The Labute approximate surface area is 173 Å². The lowest BCUT2D eigenvalue weighted by Crippen LogP contribution is -2.49. The van der Waals surface area contributed by atoms with Gasteiger partial charge in [-0.15, -0.1) is 0 Å². The van der Waals surface area contributed by atoms with Crippen molar-refractivity contribution in [2.45, 2.75) is 25.7 Å². The van der Waals surface area contributed by atoms with Crippen molar-refractivity contribution in [3.8, 4) is 0 Å². The number of primary amides is 1. The largest absolute Gasteiger partial charge is 0.370 e. The van der Waals surface area contributed by atoms with E-state index >= 15 is 0 Å². The second-order valence-electron chi connectivity index (χ2n) is 7.83. The van der Waals surface area contributed by atoms with Gasteiger partial charge in [-0.2, -0.15) is 0 Å². The molecule has 3 heterocycles. The molecule has 2 aliphatic rings. The molecular weight excluding hydrogens is 368 g/mol. The summed E-state index contributed by atoms with van der Waals surface area (Å²) >= 11 is 0. The first kappa shape index (κ1) is 21.3. The van der Waals surface area contributed by atoms with Crippen LogP contribution in [0.1, 0.15) is 25.7 Å². The average Bonchev–Trinajstić information content (AvgIpc) is 2.74. The van der Waals surface area contributed by atoms with Crippen LogP contribution >= 0.6 is 0 Å². The summed E-state index contributed by atoms with van der Waals surface area (Å²) in [6.45, 7) is 7.80. The van der Waals surface area contributed by atoms with Crippen LogP contribution < -0.4 is 16.0 Å². The summed E-state index contributed by atoms with van der Waals surface area (Å²) in [5, 5.41) is 3.49. The number of piperidine rings is 1. The lowest BCUT2D eigenvalue weighted by molar-refractivity contribution is -0.119. The summed E-state index contributed by atoms with van der Waals surface area (Å²) < 4.78 is 0. The molecule has 0 radical (unpaired) electrons. The summed E-state index contributed by atoms with van der Waals surface area (Å²) in [4.78, 5) is 31.3. The van der Waals surface area contributed by atoms with Crippen LogP contribution in [0.5, 0.6) is 0 Å². The predicted molar refractivity (Wildman–Crippen MR) is 115 cm³/mol. The standard InChI is InChI=1S/C20H34N8O/c1-22-19(28-10-2-5-17(16-28)15-18(21)29)23-8-4-9-26-11-13-27(14-12-26)20-24-6-3-7-25-20/h3,6-7,17H,2,4-5,8-16H2,1H3,(H2,21,29)(H,22,23). The van der Waals surface area contributed by atoms with Gasteiger partial charge in [-0.25, -0.2) is 9.97 Å². The fourth-order valence-corrected chi connectivity index (χ4v) is 4.17. The molecule has 0 bridgehead atoms. The molecule has 2 saturated heterocycles. The van der Waals surface area contributed by atoms with Crippen LogP contribution in [0.2, 0.25) is 0 Å². The maximum atomic E-state index is 11.2. The molecule has 1 unspecified atom stereocenters. The highest BCUT2D eigenvalue weighted by atomic mass is 16.1. The molecule has 9 heteroatoms. The third kappa shape index (κ3) is 6.56. The third-order valence-corrected chi connectivity index (χ3v) is 5.66. The number of anilines is 1. The zero-order valence-electron chi connectivity index (χ0n) is 17.5. The van der Waals surface area contributed by atoms with Crippen LogP contribution in [0.25, 0.3) is 0 Å². The Balaban J connectivity index is 1.34. The Morgan fingerprint density at radius 1 is 1.24 bits per heavy atom. The lowest BCUT2D eigenvalue weighted by atomic mass is 9.95. The monoisotopic (exact) mass is 402 g/mol. The van der Waals surface area contributed by atoms with Crippen LogP contribution in [0.15, 0.2) is 23.5 Å². The van der Waals surface area contributed by atoms with Gasteiger partial charge in [0.15, 0.2) is 5.96 Å². The maximum Gasteiger partial charge on any atom is 0.225 e. The van der Waals surface area contributed by atoms with E-state index in [9.17, 15) is 4.79 Å². The summed E-state index contributed by atoms with van der Waals surface area (Å²) in [5.41, 5.74) is 5.37. The van der Waals surface area contributed by atoms with Gasteiger partial charge in [0.05, 0.1) is 0 Å². The fourth-order valence-electron chi connectivity index (χ4n) is 4.17. The molecule has 9 nitrogen and oxygen atoms in total. The molecule has 3 rings (SSSR count). The highest BCUT2D eigenvalue weighted by Gasteiger charge is 2.23. The van der Waals surface area contributed by atoms with Crippen molar-refractivity contribution in [3.05, 3.63) is 18.5 Å². The summed E-state index contributed by atoms with van der Waals surface area (Å²) in [6, 6.07) is 1.85. The van der Waals surface area contributed by atoms with Crippen molar-refractivity contribution in [2.24, 2.45) is 16.6 Å². The van der Waals surface area contributed by atoms with Gasteiger partial charge in [0.25, 0.3) is 0 Å². The molecule has 29 heavy (non-hydrogen) atoms. The number of nitrogens with one attached hydrogen (secondary N) is 1. The smallest absolute Gasteiger partial charge is 0.225 e. The first-order valence-corrected chi connectivity index (χ1v) is 10.6.